The molecule has 6 heteroatoms. The zero-order valence-electron chi connectivity index (χ0n) is 14.1. The first-order valence-electron chi connectivity index (χ1n) is 7.97. The Labute approximate surface area is 148 Å². The van der Waals surface area contributed by atoms with Gasteiger partial charge in [0, 0.05) is 5.75 Å². The lowest BCUT2D eigenvalue weighted by Crippen LogP contribution is -2.11. The Bertz CT molecular complexity index is 956. The summed E-state index contributed by atoms with van der Waals surface area (Å²) >= 11 is 0. The van der Waals surface area contributed by atoms with Crippen LogP contribution in [0, 0.1) is 6.92 Å². The molecule has 0 aliphatic carbocycles. The van der Waals surface area contributed by atoms with Crippen molar-refractivity contribution in [2.45, 2.75) is 25.3 Å². The van der Waals surface area contributed by atoms with E-state index in [0.29, 0.717) is 21.9 Å². The second kappa shape index (κ2) is 7.53. The van der Waals surface area contributed by atoms with Crippen LogP contribution in [-0.2, 0) is 22.1 Å². The van der Waals surface area contributed by atoms with Crippen molar-refractivity contribution in [1.82, 2.24) is 9.97 Å². The molecule has 0 N–H and O–H groups in total. The van der Waals surface area contributed by atoms with E-state index in [0.717, 1.165) is 16.7 Å². The summed E-state index contributed by atoms with van der Waals surface area (Å²) in [6, 6.07) is 14.4. The molecule has 0 fully saturated rings. The van der Waals surface area contributed by atoms with Gasteiger partial charge < -0.3 is 4.74 Å². The smallest absolute Gasteiger partial charge is 0.339 e. The van der Waals surface area contributed by atoms with E-state index in [-0.39, 0.29) is 6.61 Å². The van der Waals surface area contributed by atoms with Gasteiger partial charge >= 0.3 is 5.97 Å². The van der Waals surface area contributed by atoms with Gasteiger partial charge in [0.05, 0.1) is 43.7 Å². The molecule has 0 aliphatic heterocycles. The SMILES string of the molecule is CC[S@@](=O)c1ccccc1C(=O)OCc1nc2ccccc2nc1C. The van der Waals surface area contributed by atoms with Gasteiger partial charge in [-0.3, -0.25) is 4.21 Å². The van der Waals surface area contributed by atoms with Crippen LogP contribution in [0.25, 0.3) is 11.0 Å². The molecular weight excluding hydrogens is 336 g/mol. The Morgan fingerprint density at radius 3 is 2.40 bits per heavy atom. The van der Waals surface area contributed by atoms with Crippen LogP contribution in [0.15, 0.2) is 53.4 Å². The van der Waals surface area contributed by atoms with Gasteiger partial charge in [-0.15, -0.1) is 0 Å². The lowest BCUT2D eigenvalue weighted by atomic mass is 10.2. The number of aromatic nitrogens is 2. The molecule has 0 amide bonds. The molecule has 0 radical (unpaired) electrons. The van der Waals surface area contributed by atoms with E-state index in [9.17, 15) is 9.00 Å². The predicted molar refractivity (Wildman–Crippen MR) is 96.8 cm³/mol. The first-order chi connectivity index (χ1) is 12.1. The molecule has 0 aliphatic rings. The zero-order valence-corrected chi connectivity index (χ0v) is 14.9. The summed E-state index contributed by atoms with van der Waals surface area (Å²) in [6.07, 6.45) is 0. The number of fused-ring (bicyclic) bond motifs is 1. The molecule has 0 saturated carbocycles. The highest BCUT2D eigenvalue weighted by molar-refractivity contribution is 7.85. The van der Waals surface area contributed by atoms with Crippen LogP contribution in [0.4, 0.5) is 0 Å². The summed E-state index contributed by atoms with van der Waals surface area (Å²) in [4.78, 5) is 21.9. The highest BCUT2D eigenvalue weighted by Crippen LogP contribution is 2.17. The number of hydrogen-bond acceptors (Lipinski definition) is 5. The van der Waals surface area contributed by atoms with E-state index in [1.807, 2.05) is 38.1 Å². The van der Waals surface area contributed by atoms with Crippen LogP contribution in [-0.4, -0.2) is 25.9 Å². The number of carbonyl (C=O) groups is 1. The lowest BCUT2D eigenvalue weighted by molar-refractivity contribution is 0.0462. The van der Waals surface area contributed by atoms with Crippen molar-refractivity contribution >= 4 is 27.8 Å². The lowest BCUT2D eigenvalue weighted by Gasteiger charge is -2.10. The molecule has 5 nitrogen and oxygen atoms in total. The molecule has 25 heavy (non-hydrogen) atoms. The molecule has 3 rings (SSSR count). The molecule has 0 bridgehead atoms. The summed E-state index contributed by atoms with van der Waals surface area (Å²) in [5.41, 5.74) is 3.22. The first kappa shape index (κ1) is 17.2. The molecule has 0 unspecified atom stereocenters. The van der Waals surface area contributed by atoms with Gasteiger partial charge in [-0.05, 0) is 31.2 Å². The second-order valence-corrected chi connectivity index (χ2v) is 7.16. The Morgan fingerprint density at radius 2 is 1.68 bits per heavy atom. The maximum atomic E-state index is 12.4. The zero-order chi connectivity index (χ0) is 17.8. The van der Waals surface area contributed by atoms with Crippen LogP contribution in [0.2, 0.25) is 0 Å². The van der Waals surface area contributed by atoms with Crippen LogP contribution in [0.1, 0.15) is 28.7 Å². The highest BCUT2D eigenvalue weighted by Gasteiger charge is 2.17. The molecule has 3 aromatic rings. The maximum Gasteiger partial charge on any atom is 0.339 e. The number of rotatable bonds is 5. The van der Waals surface area contributed by atoms with E-state index >= 15 is 0 Å². The maximum absolute atomic E-state index is 12.4. The average molecular weight is 354 g/mol. The van der Waals surface area contributed by atoms with Crippen molar-refractivity contribution in [3.8, 4) is 0 Å². The van der Waals surface area contributed by atoms with Crippen LogP contribution in [0.3, 0.4) is 0 Å². The van der Waals surface area contributed by atoms with E-state index in [4.69, 9.17) is 4.74 Å². The number of benzene rings is 2. The number of nitrogens with zero attached hydrogens (tertiary/aromatic N) is 2. The topological polar surface area (TPSA) is 69.2 Å². The van der Waals surface area contributed by atoms with E-state index in [1.54, 1.807) is 24.3 Å². The number of esters is 1. The second-order valence-electron chi connectivity index (χ2n) is 5.45. The molecule has 1 heterocycles. The van der Waals surface area contributed by atoms with Gasteiger partial charge in [0.25, 0.3) is 0 Å². The fourth-order valence-corrected chi connectivity index (χ4v) is 3.40. The Balaban J connectivity index is 1.81. The van der Waals surface area contributed by atoms with Crippen molar-refractivity contribution in [1.29, 1.82) is 0 Å². The largest absolute Gasteiger partial charge is 0.455 e. The molecule has 0 spiro atoms. The molecular formula is C19H18N2O3S. The fourth-order valence-electron chi connectivity index (χ4n) is 2.46. The summed E-state index contributed by atoms with van der Waals surface area (Å²) < 4.78 is 17.5. The molecule has 0 saturated heterocycles. The summed E-state index contributed by atoms with van der Waals surface area (Å²) in [5.74, 6) is -0.0636. The highest BCUT2D eigenvalue weighted by atomic mass is 32.2. The predicted octanol–water partition coefficient (Wildman–Crippen LogP) is 3.42. The summed E-state index contributed by atoms with van der Waals surface area (Å²) in [7, 11) is -1.22. The molecule has 128 valence electrons. The Morgan fingerprint density at radius 1 is 1.04 bits per heavy atom. The van der Waals surface area contributed by atoms with Crippen LogP contribution >= 0.6 is 0 Å². The molecule has 1 atom stereocenters. The van der Waals surface area contributed by atoms with Crippen LogP contribution in [0.5, 0.6) is 0 Å². The van der Waals surface area contributed by atoms with Crippen molar-refractivity contribution in [2.75, 3.05) is 5.75 Å². The van der Waals surface area contributed by atoms with E-state index in [1.165, 1.54) is 0 Å². The third kappa shape index (κ3) is 3.74. The number of carbonyl (C=O) groups excluding carboxylic acids is 1. The standard InChI is InChI=1S/C19H18N2O3S/c1-3-25(23)18-11-7-4-8-14(18)19(22)24-12-17-13(2)20-15-9-5-6-10-16(15)21-17/h4-11H,3,12H2,1-2H3/t25-/m1/s1. The number of aryl methyl sites for hydroxylation is 1. The van der Waals surface area contributed by atoms with Gasteiger partial charge in [-0.25, -0.2) is 14.8 Å². The summed E-state index contributed by atoms with van der Waals surface area (Å²) in [5, 5.41) is 0. The minimum Gasteiger partial charge on any atom is -0.455 e. The molecule has 1 aromatic heterocycles. The minimum atomic E-state index is -1.22. The van der Waals surface area contributed by atoms with E-state index in [2.05, 4.69) is 9.97 Å². The number of hydrogen-bond donors (Lipinski definition) is 0. The number of para-hydroxylation sites is 2. The van der Waals surface area contributed by atoms with Gasteiger partial charge in [0.2, 0.25) is 0 Å². The Kier molecular flexibility index (Phi) is 5.19. The van der Waals surface area contributed by atoms with Gasteiger partial charge in [0.1, 0.15) is 6.61 Å². The van der Waals surface area contributed by atoms with Gasteiger partial charge in [-0.2, -0.15) is 0 Å². The third-order valence-corrected chi connectivity index (χ3v) is 5.17. The van der Waals surface area contributed by atoms with Gasteiger partial charge in [-0.1, -0.05) is 31.2 Å². The molecule has 2 aromatic carbocycles. The van der Waals surface area contributed by atoms with Crippen molar-refractivity contribution in [3.63, 3.8) is 0 Å². The van der Waals surface area contributed by atoms with Crippen molar-refractivity contribution < 1.29 is 13.7 Å². The van der Waals surface area contributed by atoms with Crippen LogP contribution < -0.4 is 0 Å². The monoisotopic (exact) mass is 354 g/mol. The fraction of sp³-hybridized carbons (Fsp3) is 0.211. The average Bonchev–Trinajstić information content (AvgIpc) is 2.65. The third-order valence-electron chi connectivity index (χ3n) is 3.80. The van der Waals surface area contributed by atoms with E-state index < -0.39 is 16.8 Å². The van der Waals surface area contributed by atoms with Gasteiger partial charge in [0.15, 0.2) is 0 Å². The number of ether oxygens (including phenoxy) is 1. The quantitative estimate of drug-likeness (QED) is 0.657. The first-order valence-corrected chi connectivity index (χ1v) is 9.29. The Hall–Kier alpha value is -2.60. The van der Waals surface area contributed by atoms with Crippen molar-refractivity contribution in [2.24, 2.45) is 0 Å². The summed E-state index contributed by atoms with van der Waals surface area (Å²) in [6.45, 7) is 3.67. The van der Waals surface area contributed by atoms with Crippen molar-refractivity contribution in [3.05, 3.63) is 65.5 Å². The minimum absolute atomic E-state index is 0.0234. The normalized spacial score (nSPS) is 12.1.